The van der Waals surface area contributed by atoms with Crippen LogP contribution in [-0.2, 0) is 6.54 Å². The zero-order valence-electron chi connectivity index (χ0n) is 16.1. The van der Waals surface area contributed by atoms with Gasteiger partial charge in [-0.25, -0.2) is 14.5 Å². The third-order valence-electron chi connectivity index (χ3n) is 5.05. The van der Waals surface area contributed by atoms with E-state index in [1.54, 1.807) is 10.8 Å². The smallest absolute Gasteiger partial charge is 0.183 e. The topological polar surface area (TPSA) is 51.2 Å². The van der Waals surface area contributed by atoms with Crippen molar-refractivity contribution in [3.63, 3.8) is 0 Å². The van der Waals surface area contributed by atoms with E-state index in [9.17, 15) is 0 Å². The van der Waals surface area contributed by atoms with Gasteiger partial charge < -0.3 is 9.47 Å². The van der Waals surface area contributed by atoms with Gasteiger partial charge in [0.05, 0.1) is 5.39 Å². The van der Waals surface area contributed by atoms with E-state index < -0.39 is 0 Å². The molecule has 4 rings (SSSR count). The number of halogens is 1. The van der Waals surface area contributed by atoms with E-state index in [2.05, 4.69) is 58.4 Å². The Morgan fingerprint density at radius 1 is 1.11 bits per heavy atom. The molecule has 0 atom stereocenters. The first-order chi connectivity index (χ1) is 13.0. The second-order valence-electron chi connectivity index (χ2n) is 7.15. The summed E-state index contributed by atoms with van der Waals surface area (Å²) in [4.78, 5) is 11.8. The van der Waals surface area contributed by atoms with Crippen LogP contribution in [0.25, 0.3) is 28.1 Å². The van der Waals surface area contributed by atoms with Gasteiger partial charge in [0, 0.05) is 22.3 Å². The summed E-state index contributed by atoms with van der Waals surface area (Å²) in [7, 11) is 4.21. The van der Waals surface area contributed by atoms with E-state index in [4.69, 9.17) is 9.97 Å². The average molecular weight is 427 g/mol. The van der Waals surface area contributed by atoms with Crippen molar-refractivity contribution in [3.05, 3.63) is 46.3 Å². The van der Waals surface area contributed by atoms with Gasteiger partial charge in [-0.1, -0.05) is 28.1 Å². The Kier molecular flexibility index (Phi) is 4.74. The number of fused-ring (bicyclic) bond motifs is 3. The molecular formula is C20H23BrN6. The maximum Gasteiger partial charge on any atom is 0.183 e. The number of hydrogen-bond donors (Lipinski definition) is 0. The standard InChI is InChI=1S/C20H23BrN6/c1-13-14(2)26(11-7-10-25(3)4)19-17(13)20-23-18(24-27(20)12-22-19)15-8-5-6-9-16(15)21/h5-6,8-9,12H,7,10-11H2,1-4H3. The zero-order chi connectivity index (χ0) is 19.1. The van der Waals surface area contributed by atoms with Crippen LogP contribution in [0.2, 0.25) is 0 Å². The highest BCUT2D eigenvalue weighted by Gasteiger charge is 2.18. The van der Waals surface area contributed by atoms with Crippen molar-refractivity contribution in [2.75, 3.05) is 20.6 Å². The number of benzene rings is 1. The van der Waals surface area contributed by atoms with Crippen molar-refractivity contribution < 1.29 is 0 Å². The van der Waals surface area contributed by atoms with Crippen LogP contribution in [0.1, 0.15) is 17.7 Å². The van der Waals surface area contributed by atoms with Crippen LogP contribution < -0.4 is 0 Å². The molecule has 1 aromatic carbocycles. The van der Waals surface area contributed by atoms with Gasteiger partial charge in [-0.15, -0.1) is 5.10 Å². The number of nitrogens with zero attached hydrogens (tertiary/aromatic N) is 6. The summed E-state index contributed by atoms with van der Waals surface area (Å²) in [5, 5.41) is 5.75. The first-order valence-electron chi connectivity index (χ1n) is 9.07. The Morgan fingerprint density at radius 3 is 2.63 bits per heavy atom. The maximum absolute atomic E-state index is 4.86. The van der Waals surface area contributed by atoms with Gasteiger partial charge in [-0.05, 0) is 58.6 Å². The maximum atomic E-state index is 4.86. The number of hydrogen-bond acceptors (Lipinski definition) is 4. The zero-order valence-corrected chi connectivity index (χ0v) is 17.7. The molecule has 27 heavy (non-hydrogen) atoms. The predicted octanol–water partition coefficient (Wildman–Crippen LogP) is 4.08. The largest absolute Gasteiger partial charge is 0.329 e. The van der Waals surface area contributed by atoms with Gasteiger partial charge in [-0.3, -0.25) is 0 Å². The third-order valence-corrected chi connectivity index (χ3v) is 5.74. The normalized spacial score (nSPS) is 11.9. The Hall–Kier alpha value is -2.25. The Labute approximate surface area is 167 Å². The van der Waals surface area contributed by atoms with Crippen LogP contribution in [0.15, 0.2) is 35.1 Å². The molecule has 0 aliphatic carbocycles. The highest BCUT2D eigenvalue weighted by atomic mass is 79.9. The number of rotatable bonds is 5. The van der Waals surface area contributed by atoms with Crippen molar-refractivity contribution in [1.82, 2.24) is 29.0 Å². The first-order valence-corrected chi connectivity index (χ1v) is 9.87. The molecule has 4 aromatic rings. The lowest BCUT2D eigenvalue weighted by molar-refractivity contribution is 0.387. The fourth-order valence-corrected chi connectivity index (χ4v) is 3.97. The summed E-state index contributed by atoms with van der Waals surface area (Å²) in [6.45, 7) is 6.31. The second-order valence-corrected chi connectivity index (χ2v) is 8.00. The minimum Gasteiger partial charge on any atom is -0.329 e. The van der Waals surface area contributed by atoms with E-state index >= 15 is 0 Å². The van der Waals surface area contributed by atoms with Crippen LogP contribution in [0.4, 0.5) is 0 Å². The molecule has 0 saturated heterocycles. The van der Waals surface area contributed by atoms with Gasteiger partial charge in [0.1, 0.15) is 12.0 Å². The highest BCUT2D eigenvalue weighted by Crippen LogP contribution is 2.30. The summed E-state index contributed by atoms with van der Waals surface area (Å²) in [6, 6.07) is 8.01. The molecule has 3 aromatic heterocycles. The van der Waals surface area contributed by atoms with Crippen molar-refractivity contribution in [2.45, 2.75) is 26.8 Å². The molecule has 0 amide bonds. The molecule has 0 fully saturated rings. The van der Waals surface area contributed by atoms with Crippen molar-refractivity contribution >= 4 is 32.6 Å². The van der Waals surface area contributed by atoms with E-state index in [1.807, 2.05) is 24.3 Å². The summed E-state index contributed by atoms with van der Waals surface area (Å²) in [5.41, 5.74) is 5.29. The lowest BCUT2D eigenvalue weighted by atomic mass is 10.2. The van der Waals surface area contributed by atoms with Gasteiger partial charge in [0.15, 0.2) is 11.5 Å². The Bertz CT molecular complexity index is 1120. The Morgan fingerprint density at radius 2 is 1.89 bits per heavy atom. The van der Waals surface area contributed by atoms with Crippen LogP contribution in [0, 0.1) is 13.8 Å². The monoisotopic (exact) mass is 426 g/mol. The van der Waals surface area contributed by atoms with Crippen LogP contribution in [0.5, 0.6) is 0 Å². The predicted molar refractivity (Wildman–Crippen MR) is 112 cm³/mol. The summed E-state index contributed by atoms with van der Waals surface area (Å²) >= 11 is 3.60. The van der Waals surface area contributed by atoms with E-state index in [0.717, 1.165) is 46.2 Å². The molecule has 7 heteroatoms. The molecular weight excluding hydrogens is 404 g/mol. The van der Waals surface area contributed by atoms with Crippen molar-refractivity contribution in [3.8, 4) is 11.4 Å². The van der Waals surface area contributed by atoms with Crippen molar-refractivity contribution in [1.29, 1.82) is 0 Å². The summed E-state index contributed by atoms with van der Waals surface area (Å²) in [6.07, 6.45) is 2.85. The second kappa shape index (κ2) is 7.05. The van der Waals surface area contributed by atoms with E-state index in [1.165, 1.54) is 11.3 Å². The Balaban J connectivity index is 1.85. The highest BCUT2D eigenvalue weighted by molar-refractivity contribution is 9.10. The molecule has 0 unspecified atom stereocenters. The van der Waals surface area contributed by atoms with Gasteiger partial charge in [-0.2, -0.15) is 0 Å². The SMILES string of the molecule is Cc1c(C)n(CCCN(C)C)c2ncn3nc(-c4ccccc4Br)nc3c12. The third kappa shape index (κ3) is 3.15. The molecule has 0 saturated carbocycles. The van der Waals surface area contributed by atoms with Gasteiger partial charge in [0.2, 0.25) is 0 Å². The fourth-order valence-electron chi connectivity index (χ4n) is 3.51. The molecule has 0 aliphatic rings. The first kappa shape index (κ1) is 18.1. The molecule has 3 heterocycles. The minimum absolute atomic E-state index is 0.703. The fraction of sp³-hybridized carbons (Fsp3) is 0.350. The van der Waals surface area contributed by atoms with Crippen molar-refractivity contribution in [2.24, 2.45) is 0 Å². The average Bonchev–Trinajstić information content (AvgIpc) is 3.16. The minimum atomic E-state index is 0.703. The molecule has 6 nitrogen and oxygen atoms in total. The molecule has 0 bridgehead atoms. The molecule has 0 radical (unpaired) electrons. The molecule has 140 valence electrons. The molecule has 0 spiro atoms. The molecule has 0 N–H and O–H groups in total. The van der Waals surface area contributed by atoms with Gasteiger partial charge >= 0.3 is 0 Å². The lowest BCUT2D eigenvalue weighted by Crippen LogP contribution is -2.15. The van der Waals surface area contributed by atoms with Crippen LogP contribution in [0.3, 0.4) is 0 Å². The quantitative estimate of drug-likeness (QED) is 0.482. The molecule has 0 aliphatic heterocycles. The number of aryl methyl sites for hydroxylation is 2. The van der Waals surface area contributed by atoms with E-state index in [0.29, 0.717) is 5.82 Å². The van der Waals surface area contributed by atoms with Gasteiger partial charge in [0.25, 0.3) is 0 Å². The lowest BCUT2D eigenvalue weighted by Gasteiger charge is -2.11. The van der Waals surface area contributed by atoms with Crippen LogP contribution in [-0.4, -0.2) is 49.7 Å². The van der Waals surface area contributed by atoms with Crippen LogP contribution >= 0.6 is 15.9 Å². The summed E-state index contributed by atoms with van der Waals surface area (Å²) < 4.78 is 5.08. The van der Waals surface area contributed by atoms with E-state index in [-0.39, 0.29) is 0 Å². The number of aromatic nitrogens is 5. The summed E-state index contributed by atoms with van der Waals surface area (Å²) in [5.74, 6) is 0.703.